The first kappa shape index (κ1) is 19.5. The van der Waals surface area contributed by atoms with Crippen LogP contribution in [0.1, 0.15) is 5.56 Å². The molecule has 2 heterocycles. The second kappa shape index (κ2) is 7.88. The number of fused-ring (bicyclic) bond motifs is 1. The smallest absolute Gasteiger partial charge is 0.292 e. The van der Waals surface area contributed by atoms with Gasteiger partial charge in [-0.15, -0.1) is 11.3 Å². The minimum Gasteiger partial charge on any atom is -0.319 e. The molecule has 0 unspecified atom stereocenters. The van der Waals surface area contributed by atoms with E-state index in [1.807, 2.05) is 37.3 Å². The first-order valence-electron chi connectivity index (χ1n) is 9.03. The number of aryl methyl sites for hydroxylation is 1. The van der Waals surface area contributed by atoms with E-state index in [9.17, 15) is 19.7 Å². The van der Waals surface area contributed by atoms with Gasteiger partial charge >= 0.3 is 0 Å². The van der Waals surface area contributed by atoms with E-state index in [1.54, 1.807) is 6.07 Å². The zero-order chi connectivity index (χ0) is 21.3. The van der Waals surface area contributed by atoms with Gasteiger partial charge in [-0.1, -0.05) is 42.5 Å². The van der Waals surface area contributed by atoms with Crippen LogP contribution in [0.5, 0.6) is 0 Å². The SMILES string of the molecule is Cc1c(-c2ccccc2)sc2ncn(CC(=O)Nc3ccccc3[N+](=O)[O-])c(=O)c12. The summed E-state index contributed by atoms with van der Waals surface area (Å²) < 4.78 is 1.21. The van der Waals surface area contributed by atoms with E-state index in [-0.39, 0.29) is 23.5 Å². The molecule has 0 bridgehead atoms. The van der Waals surface area contributed by atoms with Gasteiger partial charge in [-0.2, -0.15) is 0 Å². The second-order valence-corrected chi connectivity index (χ2v) is 7.60. The van der Waals surface area contributed by atoms with Gasteiger partial charge in [0, 0.05) is 10.9 Å². The van der Waals surface area contributed by atoms with Gasteiger partial charge in [-0.05, 0) is 24.1 Å². The minimum absolute atomic E-state index is 0.0765. The highest BCUT2D eigenvalue weighted by molar-refractivity contribution is 7.22. The molecule has 8 nitrogen and oxygen atoms in total. The van der Waals surface area contributed by atoms with Crippen molar-refractivity contribution in [2.45, 2.75) is 13.5 Å². The maximum atomic E-state index is 13.0. The standard InChI is InChI=1S/C21H16N4O4S/c1-13-18-20(30-19(13)14-7-3-2-4-8-14)22-12-24(21(18)27)11-17(26)23-15-9-5-6-10-16(15)25(28)29/h2-10,12H,11H2,1H3,(H,23,26). The molecule has 150 valence electrons. The number of nitro benzene ring substituents is 1. The maximum Gasteiger partial charge on any atom is 0.292 e. The van der Waals surface area contributed by atoms with Gasteiger partial charge in [0.1, 0.15) is 17.1 Å². The fraction of sp³-hybridized carbons (Fsp3) is 0.0952. The number of carbonyl (C=O) groups is 1. The molecule has 0 radical (unpaired) electrons. The Morgan fingerprint density at radius 1 is 1.17 bits per heavy atom. The van der Waals surface area contributed by atoms with Gasteiger partial charge in [0.05, 0.1) is 16.6 Å². The van der Waals surface area contributed by atoms with E-state index < -0.39 is 10.8 Å². The van der Waals surface area contributed by atoms with Crippen molar-refractivity contribution in [3.63, 3.8) is 0 Å². The topological polar surface area (TPSA) is 107 Å². The predicted octanol–water partition coefficient (Wildman–Crippen LogP) is 3.98. The Bertz CT molecular complexity index is 1330. The van der Waals surface area contributed by atoms with Crippen LogP contribution in [0.3, 0.4) is 0 Å². The Morgan fingerprint density at radius 3 is 2.60 bits per heavy atom. The summed E-state index contributed by atoms with van der Waals surface area (Å²) in [4.78, 5) is 41.9. The van der Waals surface area contributed by atoms with Crippen molar-refractivity contribution in [3.8, 4) is 10.4 Å². The molecule has 0 aliphatic carbocycles. The van der Waals surface area contributed by atoms with Crippen molar-refractivity contribution in [2.24, 2.45) is 0 Å². The van der Waals surface area contributed by atoms with Crippen LogP contribution in [-0.4, -0.2) is 20.4 Å². The molecule has 30 heavy (non-hydrogen) atoms. The van der Waals surface area contributed by atoms with Gasteiger partial charge in [0.15, 0.2) is 0 Å². The molecule has 0 aliphatic heterocycles. The van der Waals surface area contributed by atoms with E-state index in [0.717, 1.165) is 16.0 Å². The lowest BCUT2D eigenvalue weighted by molar-refractivity contribution is -0.383. The number of amides is 1. The molecule has 0 atom stereocenters. The Balaban J connectivity index is 1.65. The lowest BCUT2D eigenvalue weighted by Crippen LogP contribution is -2.28. The highest BCUT2D eigenvalue weighted by atomic mass is 32.1. The highest BCUT2D eigenvalue weighted by Crippen LogP contribution is 2.35. The summed E-state index contributed by atoms with van der Waals surface area (Å²) >= 11 is 1.43. The average molecular weight is 420 g/mol. The van der Waals surface area contributed by atoms with Crippen LogP contribution in [0.15, 0.2) is 65.7 Å². The highest BCUT2D eigenvalue weighted by Gasteiger charge is 2.18. The summed E-state index contributed by atoms with van der Waals surface area (Å²) in [5.41, 5.74) is 1.35. The number of aromatic nitrogens is 2. The Morgan fingerprint density at radius 2 is 1.87 bits per heavy atom. The molecule has 9 heteroatoms. The summed E-state index contributed by atoms with van der Waals surface area (Å²) in [5.74, 6) is -0.552. The van der Waals surface area contributed by atoms with E-state index >= 15 is 0 Å². The molecule has 4 rings (SSSR count). The number of hydrogen-bond donors (Lipinski definition) is 1. The van der Waals surface area contributed by atoms with Gasteiger partial charge in [0.25, 0.3) is 11.2 Å². The van der Waals surface area contributed by atoms with Crippen LogP contribution in [0.4, 0.5) is 11.4 Å². The summed E-state index contributed by atoms with van der Waals surface area (Å²) in [6.45, 7) is 1.56. The van der Waals surface area contributed by atoms with E-state index in [4.69, 9.17) is 0 Å². The molecule has 2 aromatic heterocycles. The average Bonchev–Trinajstić information content (AvgIpc) is 3.08. The van der Waals surface area contributed by atoms with Crippen LogP contribution in [-0.2, 0) is 11.3 Å². The number of thiophene rings is 1. The molecule has 0 fully saturated rings. The van der Waals surface area contributed by atoms with Gasteiger partial charge in [-0.25, -0.2) is 4.98 Å². The molecular formula is C21H16N4O4S. The fourth-order valence-electron chi connectivity index (χ4n) is 3.22. The van der Waals surface area contributed by atoms with Crippen molar-refractivity contribution in [3.05, 3.63) is 87.0 Å². The van der Waals surface area contributed by atoms with E-state index in [2.05, 4.69) is 10.3 Å². The van der Waals surface area contributed by atoms with Crippen molar-refractivity contribution < 1.29 is 9.72 Å². The number of nitrogens with zero attached hydrogens (tertiary/aromatic N) is 3. The quantitative estimate of drug-likeness (QED) is 0.388. The van der Waals surface area contributed by atoms with Gasteiger partial charge in [0.2, 0.25) is 5.91 Å². The predicted molar refractivity (Wildman–Crippen MR) is 116 cm³/mol. The number of hydrogen-bond acceptors (Lipinski definition) is 6. The number of nitrogens with one attached hydrogen (secondary N) is 1. The van der Waals surface area contributed by atoms with Crippen LogP contribution >= 0.6 is 11.3 Å². The van der Waals surface area contributed by atoms with Crippen LogP contribution in [0.25, 0.3) is 20.7 Å². The van der Waals surface area contributed by atoms with Crippen molar-refractivity contribution >= 4 is 38.8 Å². The number of para-hydroxylation sites is 2. The fourth-order valence-corrected chi connectivity index (χ4v) is 4.36. The molecule has 0 aliphatic rings. The van der Waals surface area contributed by atoms with E-state index in [1.165, 1.54) is 40.4 Å². The third kappa shape index (κ3) is 3.58. The number of rotatable bonds is 5. The molecule has 4 aromatic rings. The summed E-state index contributed by atoms with van der Waals surface area (Å²) in [7, 11) is 0. The first-order valence-corrected chi connectivity index (χ1v) is 9.84. The Hall–Kier alpha value is -3.85. The van der Waals surface area contributed by atoms with Crippen molar-refractivity contribution in [1.82, 2.24) is 9.55 Å². The zero-order valence-electron chi connectivity index (χ0n) is 15.9. The molecule has 0 saturated heterocycles. The number of anilines is 1. The first-order chi connectivity index (χ1) is 14.5. The van der Waals surface area contributed by atoms with Crippen LogP contribution < -0.4 is 10.9 Å². The molecule has 1 N–H and O–H groups in total. The summed E-state index contributed by atoms with van der Waals surface area (Å²) in [6.07, 6.45) is 1.33. The van der Waals surface area contributed by atoms with Gasteiger partial charge in [-0.3, -0.25) is 24.3 Å². The zero-order valence-corrected chi connectivity index (χ0v) is 16.7. The lowest BCUT2D eigenvalue weighted by Gasteiger charge is -2.08. The normalized spacial score (nSPS) is 10.8. The third-order valence-corrected chi connectivity index (χ3v) is 5.89. The molecule has 2 aromatic carbocycles. The maximum absolute atomic E-state index is 13.0. The van der Waals surface area contributed by atoms with Gasteiger partial charge < -0.3 is 5.32 Å². The minimum atomic E-state index is -0.574. The Kier molecular flexibility index (Phi) is 5.11. The van der Waals surface area contributed by atoms with E-state index in [0.29, 0.717) is 10.2 Å². The molecule has 1 amide bonds. The monoisotopic (exact) mass is 420 g/mol. The largest absolute Gasteiger partial charge is 0.319 e. The second-order valence-electron chi connectivity index (χ2n) is 6.60. The number of carbonyl (C=O) groups excluding carboxylic acids is 1. The summed E-state index contributed by atoms with van der Waals surface area (Å²) in [5, 5.41) is 14.1. The molecule has 0 saturated carbocycles. The third-order valence-electron chi connectivity index (χ3n) is 4.64. The molecular weight excluding hydrogens is 404 g/mol. The number of benzene rings is 2. The van der Waals surface area contributed by atoms with Crippen molar-refractivity contribution in [2.75, 3.05) is 5.32 Å². The number of nitro groups is 1. The summed E-state index contributed by atoms with van der Waals surface area (Å²) in [6, 6.07) is 15.6. The lowest BCUT2D eigenvalue weighted by atomic mass is 10.1. The Labute approximate surface area is 174 Å². The molecule has 0 spiro atoms. The van der Waals surface area contributed by atoms with Crippen LogP contribution in [0, 0.1) is 17.0 Å². The van der Waals surface area contributed by atoms with Crippen molar-refractivity contribution in [1.29, 1.82) is 0 Å². The van der Waals surface area contributed by atoms with Crippen LogP contribution in [0.2, 0.25) is 0 Å².